The maximum atomic E-state index is 12.6. The molecule has 1 saturated heterocycles. The number of rotatable bonds is 3. The first-order chi connectivity index (χ1) is 11.2. The molecule has 1 aromatic heterocycles. The molecule has 1 aliphatic heterocycles. The summed E-state index contributed by atoms with van der Waals surface area (Å²) in [5, 5.41) is 7.21. The first kappa shape index (κ1) is 14.5. The number of nitrogens with one attached hydrogen (secondary N) is 1. The highest BCUT2D eigenvalue weighted by Crippen LogP contribution is 2.28. The van der Waals surface area contributed by atoms with Crippen LogP contribution in [-0.2, 0) is 24.1 Å². The third-order valence-electron chi connectivity index (χ3n) is 5.34. The number of carbonyl (C=O) groups is 1. The van der Waals surface area contributed by atoms with Gasteiger partial charge in [-0.25, -0.2) is 0 Å². The van der Waals surface area contributed by atoms with Crippen LogP contribution in [0.5, 0.6) is 0 Å². The maximum absolute atomic E-state index is 12.6. The van der Waals surface area contributed by atoms with Crippen LogP contribution >= 0.6 is 0 Å². The molecule has 0 saturated carbocycles. The number of nitrogens with zero attached hydrogens (tertiary/aromatic N) is 2. The van der Waals surface area contributed by atoms with Gasteiger partial charge in [-0.05, 0) is 54.9 Å². The lowest BCUT2D eigenvalue weighted by atomic mass is 10.0. The molecule has 2 aromatic rings. The van der Waals surface area contributed by atoms with Gasteiger partial charge in [0.2, 0.25) is 5.91 Å². The Balaban J connectivity index is 1.41. The number of benzene rings is 1. The zero-order chi connectivity index (χ0) is 15.8. The van der Waals surface area contributed by atoms with E-state index in [1.165, 1.54) is 41.6 Å². The van der Waals surface area contributed by atoms with E-state index in [-0.39, 0.29) is 5.91 Å². The number of aromatic nitrogens is 2. The number of amides is 1. The predicted molar refractivity (Wildman–Crippen MR) is 89.4 cm³/mol. The minimum absolute atomic E-state index is 0.252. The second kappa shape index (κ2) is 5.84. The van der Waals surface area contributed by atoms with Crippen LogP contribution in [0.2, 0.25) is 0 Å². The standard InChI is InChI=1S/C19H23N3O/c1-13-11-20-21-19(13)17-7-8-22(12-17)18(23)10-14-5-6-15-3-2-4-16(15)9-14/h5-6,9,11,17H,2-4,7-8,10,12H2,1H3,(H,20,21). The SMILES string of the molecule is Cc1cn[nH]c1C1CCN(C(=O)Cc2ccc3c(c2)CCC3)C1. The number of likely N-dealkylation sites (tertiary alicyclic amines) is 1. The zero-order valence-electron chi connectivity index (χ0n) is 13.6. The highest BCUT2D eigenvalue weighted by atomic mass is 16.2. The third-order valence-corrected chi connectivity index (χ3v) is 5.34. The Bertz CT molecular complexity index is 734. The van der Waals surface area contributed by atoms with E-state index in [2.05, 4.69) is 35.3 Å². The summed E-state index contributed by atoms with van der Waals surface area (Å²) in [5.41, 5.74) is 6.47. The number of fused-ring (bicyclic) bond motifs is 1. The van der Waals surface area contributed by atoms with Crippen molar-refractivity contribution in [2.75, 3.05) is 13.1 Å². The molecule has 1 unspecified atom stereocenters. The Hall–Kier alpha value is -2.10. The molecule has 120 valence electrons. The molecule has 0 spiro atoms. The van der Waals surface area contributed by atoms with E-state index in [0.717, 1.165) is 25.1 Å². The molecule has 1 fully saturated rings. The summed E-state index contributed by atoms with van der Waals surface area (Å²) in [7, 11) is 0. The molecular formula is C19H23N3O. The van der Waals surface area contributed by atoms with Crippen LogP contribution in [-0.4, -0.2) is 34.1 Å². The van der Waals surface area contributed by atoms with Gasteiger partial charge < -0.3 is 4.90 Å². The Kier molecular flexibility index (Phi) is 3.68. The average Bonchev–Trinajstić information content (AvgIpc) is 3.25. The summed E-state index contributed by atoms with van der Waals surface area (Å²) < 4.78 is 0. The van der Waals surface area contributed by atoms with E-state index in [9.17, 15) is 4.79 Å². The zero-order valence-corrected chi connectivity index (χ0v) is 13.6. The van der Waals surface area contributed by atoms with Gasteiger partial charge in [-0.15, -0.1) is 0 Å². The fourth-order valence-electron chi connectivity index (χ4n) is 4.01. The van der Waals surface area contributed by atoms with Crippen molar-refractivity contribution >= 4 is 5.91 Å². The van der Waals surface area contributed by atoms with Crippen molar-refractivity contribution in [1.82, 2.24) is 15.1 Å². The molecule has 1 aliphatic carbocycles. The topological polar surface area (TPSA) is 49.0 Å². The van der Waals surface area contributed by atoms with E-state index < -0.39 is 0 Å². The van der Waals surface area contributed by atoms with Gasteiger partial charge in [-0.3, -0.25) is 9.89 Å². The number of carbonyl (C=O) groups excluding carboxylic acids is 1. The highest BCUT2D eigenvalue weighted by molar-refractivity contribution is 5.79. The summed E-state index contributed by atoms with van der Waals surface area (Å²) in [6, 6.07) is 6.59. The Morgan fingerprint density at radius 1 is 1.35 bits per heavy atom. The van der Waals surface area contributed by atoms with Crippen molar-refractivity contribution < 1.29 is 4.79 Å². The predicted octanol–water partition coefficient (Wildman–Crippen LogP) is 2.77. The summed E-state index contributed by atoms with van der Waals surface area (Å²) in [6.45, 7) is 3.74. The summed E-state index contributed by atoms with van der Waals surface area (Å²) in [5.74, 6) is 0.657. The van der Waals surface area contributed by atoms with Crippen LogP contribution in [0, 0.1) is 6.92 Å². The van der Waals surface area contributed by atoms with Gasteiger partial charge in [-0.1, -0.05) is 18.2 Å². The van der Waals surface area contributed by atoms with Crippen LogP contribution in [0.25, 0.3) is 0 Å². The molecule has 1 N–H and O–H groups in total. The highest BCUT2D eigenvalue weighted by Gasteiger charge is 2.29. The number of aryl methyl sites for hydroxylation is 3. The average molecular weight is 309 g/mol. The van der Waals surface area contributed by atoms with Gasteiger partial charge in [0.15, 0.2) is 0 Å². The summed E-state index contributed by atoms with van der Waals surface area (Å²) in [6.07, 6.45) is 7.04. The lowest BCUT2D eigenvalue weighted by Gasteiger charge is -2.17. The van der Waals surface area contributed by atoms with Gasteiger partial charge in [0.05, 0.1) is 12.6 Å². The first-order valence-electron chi connectivity index (χ1n) is 8.59. The third kappa shape index (κ3) is 2.78. The van der Waals surface area contributed by atoms with Crippen LogP contribution in [0.4, 0.5) is 0 Å². The molecule has 2 aliphatic rings. The molecule has 1 amide bonds. The van der Waals surface area contributed by atoms with Crippen LogP contribution < -0.4 is 0 Å². The Morgan fingerprint density at radius 2 is 2.22 bits per heavy atom. The number of hydrogen-bond acceptors (Lipinski definition) is 2. The Labute approximate surface area is 136 Å². The smallest absolute Gasteiger partial charge is 0.227 e. The first-order valence-corrected chi connectivity index (χ1v) is 8.59. The number of hydrogen-bond donors (Lipinski definition) is 1. The minimum atomic E-state index is 0.252. The molecule has 0 radical (unpaired) electrons. The lowest BCUT2D eigenvalue weighted by molar-refractivity contribution is -0.129. The molecular weight excluding hydrogens is 286 g/mol. The largest absolute Gasteiger partial charge is 0.342 e. The molecule has 2 heterocycles. The van der Waals surface area contributed by atoms with Gasteiger partial charge in [0, 0.05) is 24.7 Å². The second-order valence-electron chi connectivity index (χ2n) is 6.93. The van der Waals surface area contributed by atoms with Crippen molar-refractivity contribution in [1.29, 1.82) is 0 Å². The van der Waals surface area contributed by atoms with E-state index in [0.29, 0.717) is 12.3 Å². The van der Waals surface area contributed by atoms with Gasteiger partial charge >= 0.3 is 0 Å². The monoisotopic (exact) mass is 309 g/mol. The van der Waals surface area contributed by atoms with Crippen molar-refractivity contribution in [3.05, 3.63) is 52.3 Å². The minimum Gasteiger partial charge on any atom is -0.342 e. The molecule has 23 heavy (non-hydrogen) atoms. The number of H-pyrrole nitrogens is 1. The van der Waals surface area contributed by atoms with Gasteiger partial charge in [-0.2, -0.15) is 5.10 Å². The van der Waals surface area contributed by atoms with Crippen molar-refractivity contribution in [3.8, 4) is 0 Å². The number of aromatic amines is 1. The second-order valence-corrected chi connectivity index (χ2v) is 6.93. The molecule has 0 bridgehead atoms. The molecule has 1 aromatic carbocycles. The fraction of sp³-hybridized carbons (Fsp3) is 0.474. The quantitative estimate of drug-likeness (QED) is 0.948. The van der Waals surface area contributed by atoms with Crippen LogP contribution in [0.1, 0.15) is 46.7 Å². The maximum Gasteiger partial charge on any atom is 0.227 e. The Morgan fingerprint density at radius 3 is 3.04 bits per heavy atom. The molecule has 4 nitrogen and oxygen atoms in total. The van der Waals surface area contributed by atoms with Gasteiger partial charge in [0.1, 0.15) is 0 Å². The molecule has 4 heteroatoms. The van der Waals surface area contributed by atoms with E-state index >= 15 is 0 Å². The van der Waals surface area contributed by atoms with Crippen LogP contribution in [0.3, 0.4) is 0 Å². The van der Waals surface area contributed by atoms with Crippen molar-refractivity contribution in [2.45, 2.75) is 44.9 Å². The fourth-order valence-corrected chi connectivity index (χ4v) is 4.01. The van der Waals surface area contributed by atoms with Crippen molar-refractivity contribution in [2.24, 2.45) is 0 Å². The molecule has 1 atom stereocenters. The van der Waals surface area contributed by atoms with E-state index in [1.807, 2.05) is 11.1 Å². The summed E-state index contributed by atoms with van der Waals surface area (Å²) in [4.78, 5) is 14.6. The summed E-state index contributed by atoms with van der Waals surface area (Å²) >= 11 is 0. The van der Waals surface area contributed by atoms with E-state index in [4.69, 9.17) is 0 Å². The normalized spacial score (nSPS) is 20.0. The van der Waals surface area contributed by atoms with E-state index in [1.54, 1.807) is 0 Å². The van der Waals surface area contributed by atoms with Crippen LogP contribution in [0.15, 0.2) is 24.4 Å². The van der Waals surface area contributed by atoms with Crippen molar-refractivity contribution in [3.63, 3.8) is 0 Å². The molecule has 4 rings (SSSR count). The van der Waals surface area contributed by atoms with Gasteiger partial charge in [0.25, 0.3) is 0 Å². The lowest BCUT2D eigenvalue weighted by Crippen LogP contribution is -2.30.